The molecule has 0 saturated heterocycles. The highest BCUT2D eigenvalue weighted by atomic mass is 16.6. The van der Waals surface area contributed by atoms with Crippen molar-refractivity contribution >= 4 is 30.0 Å². The third kappa shape index (κ3) is 27.8. The zero-order valence-corrected chi connectivity index (χ0v) is 61.4. The molecule has 0 fully saturated rings. The van der Waals surface area contributed by atoms with Gasteiger partial charge in [-0.3, -0.25) is 19.2 Å². The van der Waals surface area contributed by atoms with Crippen LogP contribution in [0.5, 0.6) is 23.0 Å². The molecule has 2 aromatic rings. The number of nitrogens with one attached hydrogen (secondary N) is 1. The molecule has 0 unspecified atom stereocenters. The quantitative estimate of drug-likeness (QED) is 0.0289. The lowest BCUT2D eigenvalue weighted by Gasteiger charge is -2.38. The van der Waals surface area contributed by atoms with E-state index in [1.807, 2.05) is 41.5 Å². The van der Waals surface area contributed by atoms with Crippen LogP contribution in [-0.4, -0.2) is 92.1 Å². The summed E-state index contributed by atoms with van der Waals surface area (Å²) >= 11 is 0. The maximum atomic E-state index is 13.4. The number of alkyl carbamates (subject to hydrolysis) is 1. The van der Waals surface area contributed by atoms with Crippen molar-refractivity contribution in [3.63, 3.8) is 0 Å². The third-order valence-electron chi connectivity index (χ3n) is 20.4. The highest BCUT2D eigenvalue weighted by molar-refractivity contribution is 5.81. The summed E-state index contributed by atoms with van der Waals surface area (Å²) in [6, 6.07) is 0. The largest absolute Gasteiger partial charge is 0.487 e. The molecule has 0 spiro atoms. The maximum absolute atomic E-state index is 13.4. The predicted octanol–water partition coefficient (Wildman–Crippen LogP) is 18.8. The number of benzene rings is 2. The first-order valence-corrected chi connectivity index (χ1v) is 36.6. The first-order chi connectivity index (χ1) is 43.6. The topological polar surface area (TPSA) is 165 Å². The van der Waals surface area contributed by atoms with E-state index in [4.69, 9.17) is 33.2 Å². The fourth-order valence-electron chi connectivity index (χ4n) is 13.6. The minimum atomic E-state index is -0.739. The second-order valence-corrected chi connectivity index (χ2v) is 29.9. The van der Waals surface area contributed by atoms with Crippen molar-refractivity contribution < 1.29 is 57.1 Å². The molecule has 0 bridgehead atoms. The van der Waals surface area contributed by atoms with E-state index in [2.05, 4.69) is 93.3 Å². The molecule has 1 N–H and O–H groups in total. The number of fused-ring (bicyclic) bond motifs is 2. The minimum Gasteiger partial charge on any atom is -0.487 e. The van der Waals surface area contributed by atoms with Crippen LogP contribution in [0.25, 0.3) is 0 Å². The Morgan fingerprint density at radius 1 is 0.457 bits per heavy atom. The Morgan fingerprint density at radius 2 is 0.804 bits per heavy atom. The average molecular weight is 1290 g/mol. The Bertz CT molecular complexity index is 2450. The van der Waals surface area contributed by atoms with Gasteiger partial charge in [0.05, 0.1) is 31.6 Å². The highest BCUT2D eigenvalue weighted by Gasteiger charge is 2.37. The molecule has 2 aliphatic rings. The summed E-state index contributed by atoms with van der Waals surface area (Å²) in [6.07, 6.45) is 24.9. The standard InChI is InChI=1S/C78H130N2O12/c1-19-80(20-2)49-27-48-79-76(85)88-52-65(50-86-68(81)38-40-70(83)89-72-59(11)61(13)74-66(63(72)15)42-46-77(17,91-74)44-25-36-57(9)34-23-32-55(7)30-21-28-53(3)4)51-87-69(82)39-41-71(84)90-73-60(12)62(14)75-67(64(73)16)43-47-78(18,92-75)45-26-37-58(10)35-24-33-56(8)31-22-29-54(5)6/h53-58,65H,19-52H2,1-18H3,(H,79,85)/t55-,56-,57-,58-,77-,78-/m1/s1. The van der Waals surface area contributed by atoms with Crippen LogP contribution in [0.2, 0.25) is 0 Å². The van der Waals surface area contributed by atoms with Gasteiger partial charge in [-0.05, 0) is 202 Å². The summed E-state index contributed by atoms with van der Waals surface area (Å²) in [6.45, 7) is 41.7. The second kappa shape index (κ2) is 40.5. The van der Waals surface area contributed by atoms with Crippen LogP contribution in [-0.2, 0) is 46.2 Å². The van der Waals surface area contributed by atoms with Gasteiger partial charge in [-0.1, -0.05) is 159 Å². The van der Waals surface area contributed by atoms with Crippen LogP contribution in [0.15, 0.2) is 0 Å². The van der Waals surface area contributed by atoms with Crippen molar-refractivity contribution in [2.45, 2.75) is 309 Å². The number of carbonyl (C=O) groups excluding carboxylic acids is 5. The van der Waals surface area contributed by atoms with Crippen LogP contribution in [0.4, 0.5) is 4.79 Å². The van der Waals surface area contributed by atoms with E-state index in [9.17, 15) is 24.0 Å². The van der Waals surface area contributed by atoms with Crippen LogP contribution in [0.3, 0.4) is 0 Å². The number of hydrogen-bond donors (Lipinski definition) is 1. The summed E-state index contributed by atoms with van der Waals surface area (Å²) in [4.78, 5) is 68.4. The smallest absolute Gasteiger partial charge is 0.407 e. The van der Waals surface area contributed by atoms with Gasteiger partial charge < -0.3 is 43.4 Å². The van der Waals surface area contributed by atoms with Crippen molar-refractivity contribution in [2.24, 2.45) is 41.4 Å². The van der Waals surface area contributed by atoms with Gasteiger partial charge in [0.25, 0.3) is 0 Å². The van der Waals surface area contributed by atoms with Gasteiger partial charge in [0.2, 0.25) is 0 Å². The molecule has 14 heteroatoms. The number of esters is 4. The van der Waals surface area contributed by atoms with E-state index in [1.54, 1.807) is 0 Å². The first kappa shape index (κ1) is 79.6. The van der Waals surface area contributed by atoms with E-state index in [1.165, 1.54) is 89.9 Å². The van der Waals surface area contributed by atoms with Gasteiger partial charge in [0, 0.05) is 17.7 Å². The average Bonchev–Trinajstić information content (AvgIpc) is 0.781. The van der Waals surface area contributed by atoms with Crippen molar-refractivity contribution in [3.8, 4) is 23.0 Å². The van der Waals surface area contributed by atoms with E-state index in [0.717, 1.165) is 157 Å². The molecule has 14 nitrogen and oxygen atoms in total. The Morgan fingerprint density at radius 3 is 1.17 bits per heavy atom. The Balaban J connectivity index is 1.26. The van der Waals surface area contributed by atoms with Crippen LogP contribution in [0, 0.1) is 83.0 Å². The van der Waals surface area contributed by atoms with Gasteiger partial charge in [-0.15, -0.1) is 0 Å². The first-order valence-electron chi connectivity index (χ1n) is 36.6. The van der Waals surface area contributed by atoms with Crippen LogP contribution < -0.4 is 24.3 Å². The fourth-order valence-corrected chi connectivity index (χ4v) is 13.6. The SMILES string of the molecule is CCN(CC)CCCNC(=O)OCC(COC(=O)CCC(=O)Oc1c(C)c(C)c2c(c1C)CC[C@@](C)(CCC[C@H](C)CCC[C@H](C)CCCC(C)C)O2)COC(=O)CCC(=O)Oc1c(C)c(C)c2c(c1C)CC[C@@](C)(CCC[C@H](C)CCC[C@H](C)CCCC(C)C)O2. The zero-order valence-electron chi connectivity index (χ0n) is 61.4. The zero-order chi connectivity index (χ0) is 68.1. The van der Waals surface area contributed by atoms with Gasteiger partial charge in [-0.2, -0.15) is 0 Å². The van der Waals surface area contributed by atoms with E-state index < -0.39 is 35.9 Å². The normalized spacial score (nSPS) is 17.5. The highest BCUT2D eigenvalue weighted by Crippen LogP contribution is 2.47. The lowest BCUT2D eigenvalue weighted by molar-refractivity contribution is -0.152. The Hall–Kier alpha value is -4.85. The number of carbonyl (C=O) groups is 5. The predicted molar refractivity (Wildman–Crippen MR) is 372 cm³/mol. The van der Waals surface area contributed by atoms with Crippen LogP contribution in [0.1, 0.15) is 288 Å². The molecule has 524 valence electrons. The molecule has 92 heavy (non-hydrogen) atoms. The molecule has 2 heterocycles. The lowest BCUT2D eigenvalue weighted by Crippen LogP contribution is -2.37. The molecule has 2 aliphatic heterocycles. The Kier molecular flexibility index (Phi) is 35.1. The molecule has 4 rings (SSSR count). The van der Waals surface area contributed by atoms with Crippen molar-refractivity contribution in [1.82, 2.24) is 10.2 Å². The molecular formula is C78H130N2O12. The second-order valence-electron chi connectivity index (χ2n) is 29.9. The number of ether oxygens (including phenoxy) is 7. The van der Waals surface area contributed by atoms with Crippen molar-refractivity contribution in [1.29, 1.82) is 0 Å². The molecule has 0 saturated carbocycles. The summed E-state index contributed by atoms with van der Waals surface area (Å²) in [7, 11) is 0. The monoisotopic (exact) mass is 1290 g/mol. The summed E-state index contributed by atoms with van der Waals surface area (Å²) < 4.78 is 42.5. The lowest BCUT2D eigenvalue weighted by atomic mass is 9.83. The number of rotatable bonds is 44. The third-order valence-corrected chi connectivity index (χ3v) is 20.4. The van der Waals surface area contributed by atoms with Gasteiger partial charge in [0.15, 0.2) is 0 Å². The molecule has 2 aromatic carbocycles. The molecule has 0 aliphatic carbocycles. The number of hydrogen-bond acceptors (Lipinski definition) is 13. The molecule has 0 aromatic heterocycles. The maximum Gasteiger partial charge on any atom is 0.407 e. The number of amides is 1. The molecular weight excluding hydrogens is 1160 g/mol. The Labute approximate surface area is 558 Å². The van der Waals surface area contributed by atoms with Crippen molar-refractivity contribution in [3.05, 3.63) is 44.5 Å². The van der Waals surface area contributed by atoms with Gasteiger partial charge in [0.1, 0.15) is 54.0 Å². The molecule has 1 amide bonds. The van der Waals surface area contributed by atoms with Crippen LogP contribution >= 0.6 is 0 Å². The number of nitrogens with zero attached hydrogens (tertiary/aromatic N) is 1. The molecule has 6 atom stereocenters. The van der Waals surface area contributed by atoms with E-state index in [0.29, 0.717) is 29.9 Å². The summed E-state index contributed by atoms with van der Waals surface area (Å²) in [5.74, 6) is 4.13. The summed E-state index contributed by atoms with van der Waals surface area (Å²) in [5, 5.41) is 2.77. The van der Waals surface area contributed by atoms with Gasteiger partial charge in [-0.25, -0.2) is 4.79 Å². The fraction of sp³-hybridized carbons (Fsp3) is 0.782. The van der Waals surface area contributed by atoms with E-state index in [-0.39, 0.29) is 56.7 Å². The van der Waals surface area contributed by atoms with E-state index >= 15 is 0 Å². The van der Waals surface area contributed by atoms with Crippen molar-refractivity contribution in [2.75, 3.05) is 46.0 Å². The minimum absolute atomic E-state index is 0.222. The molecule has 0 radical (unpaired) electrons. The van der Waals surface area contributed by atoms with Gasteiger partial charge >= 0.3 is 30.0 Å². The summed E-state index contributed by atoms with van der Waals surface area (Å²) in [5.41, 5.74) is 6.85.